The summed E-state index contributed by atoms with van der Waals surface area (Å²) in [6.07, 6.45) is 0. The zero-order valence-corrected chi connectivity index (χ0v) is 17.2. The maximum absolute atomic E-state index is 12.9. The van der Waals surface area contributed by atoms with Gasteiger partial charge in [-0.1, -0.05) is 47.5 Å². The van der Waals surface area contributed by atoms with Gasteiger partial charge < -0.3 is 15.4 Å². The van der Waals surface area contributed by atoms with Crippen LogP contribution in [0.2, 0.25) is 5.02 Å². The zero-order valence-electron chi connectivity index (χ0n) is 16.5. The van der Waals surface area contributed by atoms with E-state index in [0.29, 0.717) is 22.0 Å². The fourth-order valence-electron chi connectivity index (χ4n) is 3.68. The van der Waals surface area contributed by atoms with E-state index in [0.717, 1.165) is 16.7 Å². The first-order chi connectivity index (χ1) is 14.3. The summed E-state index contributed by atoms with van der Waals surface area (Å²) in [7, 11) is 0. The second kappa shape index (κ2) is 7.84. The fourth-order valence-corrected chi connectivity index (χ4v) is 3.86. The first-order valence-electron chi connectivity index (χ1n) is 9.45. The summed E-state index contributed by atoms with van der Waals surface area (Å²) in [6, 6.07) is 11.6. The lowest BCUT2D eigenvalue weighted by Crippen LogP contribution is -2.49. The van der Waals surface area contributed by atoms with Crippen LogP contribution in [-0.2, 0) is 14.3 Å². The highest BCUT2D eigenvalue weighted by Crippen LogP contribution is 2.36. The van der Waals surface area contributed by atoms with E-state index in [1.807, 2.05) is 32.0 Å². The van der Waals surface area contributed by atoms with Gasteiger partial charge in [0.05, 0.1) is 28.0 Å². The number of cyclic esters (lactones) is 1. The highest BCUT2D eigenvalue weighted by atomic mass is 35.5. The number of carbonyl (C=O) groups excluding carboxylic acids is 3. The molecule has 0 bridgehead atoms. The number of carbonyl (C=O) groups is 3. The first kappa shape index (κ1) is 20.0. The summed E-state index contributed by atoms with van der Waals surface area (Å²) >= 11 is 6.08. The van der Waals surface area contributed by atoms with E-state index >= 15 is 0 Å². The molecule has 2 aromatic carbocycles. The number of esters is 1. The van der Waals surface area contributed by atoms with Crippen LogP contribution in [0.3, 0.4) is 0 Å². The van der Waals surface area contributed by atoms with Crippen molar-refractivity contribution in [1.82, 2.24) is 10.2 Å². The molecule has 0 saturated heterocycles. The molecule has 2 heterocycles. The Hall–Kier alpha value is -3.32. The summed E-state index contributed by atoms with van der Waals surface area (Å²) in [5, 5.41) is 5.94. The van der Waals surface area contributed by atoms with Gasteiger partial charge >= 0.3 is 12.0 Å². The molecule has 4 rings (SSSR count). The Morgan fingerprint density at radius 3 is 2.77 bits per heavy atom. The molecule has 30 heavy (non-hydrogen) atoms. The summed E-state index contributed by atoms with van der Waals surface area (Å²) in [4.78, 5) is 39.2. The lowest BCUT2D eigenvalue weighted by Gasteiger charge is -2.33. The molecule has 3 amide bonds. The van der Waals surface area contributed by atoms with Gasteiger partial charge in [0, 0.05) is 0 Å². The van der Waals surface area contributed by atoms with E-state index < -0.39 is 23.9 Å². The Balaban J connectivity index is 1.64. The number of para-hydroxylation sites is 1. The van der Waals surface area contributed by atoms with Crippen molar-refractivity contribution in [2.75, 3.05) is 18.5 Å². The van der Waals surface area contributed by atoms with E-state index in [-0.39, 0.29) is 13.2 Å². The molecule has 0 aromatic heterocycles. The molecule has 2 aliphatic heterocycles. The molecule has 8 heteroatoms. The average Bonchev–Trinajstić information content (AvgIpc) is 3.09. The van der Waals surface area contributed by atoms with E-state index in [4.69, 9.17) is 16.3 Å². The van der Waals surface area contributed by atoms with Crippen LogP contribution in [0.15, 0.2) is 53.7 Å². The SMILES string of the molecule is Cc1ccc(C)c(C2NC(=O)N(CC(=O)Nc3ccccc3Cl)C3=C2C(=O)OC3)c1. The van der Waals surface area contributed by atoms with Crippen molar-refractivity contribution in [3.63, 3.8) is 0 Å². The Bertz CT molecular complexity index is 1100. The number of hydrogen-bond donors (Lipinski definition) is 2. The summed E-state index contributed by atoms with van der Waals surface area (Å²) in [5.41, 5.74) is 4.00. The molecule has 7 nitrogen and oxygen atoms in total. The molecule has 1 atom stereocenters. The van der Waals surface area contributed by atoms with Gasteiger partial charge in [-0.3, -0.25) is 9.69 Å². The molecular weight excluding hydrogens is 406 g/mol. The quantitative estimate of drug-likeness (QED) is 0.734. The highest BCUT2D eigenvalue weighted by molar-refractivity contribution is 6.33. The van der Waals surface area contributed by atoms with Crippen LogP contribution >= 0.6 is 11.6 Å². The molecule has 2 aliphatic rings. The molecule has 0 saturated carbocycles. The maximum atomic E-state index is 12.9. The van der Waals surface area contributed by atoms with Crippen molar-refractivity contribution in [2.45, 2.75) is 19.9 Å². The Morgan fingerprint density at radius 1 is 1.23 bits per heavy atom. The number of hydrogen-bond acceptors (Lipinski definition) is 4. The van der Waals surface area contributed by atoms with Crippen molar-refractivity contribution in [1.29, 1.82) is 0 Å². The van der Waals surface area contributed by atoms with Gasteiger partial charge in [0.15, 0.2) is 0 Å². The van der Waals surface area contributed by atoms with Crippen LogP contribution in [0.5, 0.6) is 0 Å². The summed E-state index contributed by atoms with van der Waals surface area (Å²) < 4.78 is 5.22. The second-order valence-electron chi connectivity index (χ2n) is 7.29. The third-order valence-corrected chi connectivity index (χ3v) is 5.52. The smallest absolute Gasteiger partial charge is 0.338 e. The normalized spacial score (nSPS) is 18.1. The number of benzene rings is 2. The molecule has 1 unspecified atom stereocenters. The standard InChI is InChI=1S/C22H20ClN3O4/c1-12-7-8-13(2)14(9-12)20-19-17(11-30-21(19)28)26(22(29)25-20)10-18(27)24-16-6-4-3-5-15(16)23/h3-9,20H,10-11H2,1-2H3,(H,24,27)(H,25,29). The fraction of sp³-hybridized carbons (Fsp3) is 0.227. The lowest BCUT2D eigenvalue weighted by molar-refractivity contribution is -0.136. The van der Waals surface area contributed by atoms with Gasteiger partial charge in [-0.05, 0) is 37.1 Å². The Labute approximate surface area is 178 Å². The van der Waals surface area contributed by atoms with E-state index in [9.17, 15) is 14.4 Å². The van der Waals surface area contributed by atoms with Crippen LogP contribution in [0, 0.1) is 13.8 Å². The zero-order chi connectivity index (χ0) is 21.4. The van der Waals surface area contributed by atoms with Crippen LogP contribution in [0.4, 0.5) is 10.5 Å². The summed E-state index contributed by atoms with van der Waals surface area (Å²) in [5.74, 6) is -0.929. The molecular formula is C22H20ClN3O4. The van der Waals surface area contributed by atoms with E-state index in [1.54, 1.807) is 24.3 Å². The van der Waals surface area contributed by atoms with Crippen molar-refractivity contribution in [3.05, 3.63) is 75.4 Å². The predicted octanol–water partition coefficient (Wildman–Crippen LogP) is 3.47. The van der Waals surface area contributed by atoms with Gasteiger partial charge in [-0.2, -0.15) is 0 Å². The number of halogens is 1. The van der Waals surface area contributed by atoms with Crippen molar-refractivity contribution in [2.24, 2.45) is 0 Å². The lowest BCUT2D eigenvalue weighted by atomic mass is 9.91. The van der Waals surface area contributed by atoms with E-state index in [1.165, 1.54) is 4.90 Å². The first-order valence-corrected chi connectivity index (χ1v) is 9.82. The number of aryl methyl sites for hydroxylation is 2. The van der Waals surface area contributed by atoms with Gasteiger partial charge in [0.1, 0.15) is 13.2 Å². The number of nitrogens with one attached hydrogen (secondary N) is 2. The largest absolute Gasteiger partial charge is 0.456 e. The van der Waals surface area contributed by atoms with Gasteiger partial charge in [0.25, 0.3) is 0 Å². The minimum atomic E-state index is -0.620. The molecule has 0 spiro atoms. The monoisotopic (exact) mass is 425 g/mol. The molecule has 2 aromatic rings. The number of rotatable bonds is 4. The molecule has 0 aliphatic carbocycles. The van der Waals surface area contributed by atoms with E-state index in [2.05, 4.69) is 10.6 Å². The minimum absolute atomic E-state index is 0.0533. The summed E-state index contributed by atoms with van der Waals surface area (Å²) in [6.45, 7) is 3.54. The number of anilines is 1. The van der Waals surface area contributed by atoms with Crippen LogP contribution < -0.4 is 10.6 Å². The molecule has 154 valence electrons. The maximum Gasteiger partial charge on any atom is 0.338 e. The second-order valence-corrected chi connectivity index (χ2v) is 7.70. The third-order valence-electron chi connectivity index (χ3n) is 5.19. The van der Waals surface area contributed by atoms with Crippen LogP contribution in [-0.4, -0.2) is 36.0 Å². The van der Waals surface area contributed by atoms with Gasteiger partial charge in [-0.25, -0.2) is 9.59 Å². The number of ether oxygens (including phenoxy) is 1. The molecule has 0 radical (unpaired) electrons. The predicted molar refractivity (Wildman–Crippen MR) is 112 cm³/mol. The van der Waals surface area contributed by atoms with Gasteiger partial charge in [-0.15, -0.1) is 0 Å². The molecule has 2 N–H and O–H groups in total. The average molecular weight is 426 g/mol. The van der Waals surface area contributed by atoms with Crippen molar-refractivity contribution in [3.8, 4) is 0 Å². The van der Waals surface area contributed by atoms with Crippen LogP contribution in [0.1, 0.15) is 22.7 Å². The van der Waals surface area contributed by atoms with Crippen molar-refractivity contribution < 1.29 is 19.1 Å². The minimum Gasteiger partial charge on any atom is -0.456 e. The van der Waals surface area contributed by atoms with Gasteiger partial charge in [0.2, 0.25) is 5.91 Å². The topological polar surface area (TPSA) is 87.7 Å². The Kier molecular flexibility index (Phi) is 5.22. The van der Waals surface area contributed by atoms with Crippen molar-refractivity contribution >= 4 is 35.2 Å². The number of amides is 3. The highest BCUT2D eigenvalue weighted by Gasteiger charge is 2.43. The third kappa shape index (κ3) is 3.64. The molecule has 0 fully saturated rings. The number of urea groups is 1. The Morgan fingerprint density at radius 2 is 2.00 bits per heavy atom. The number of nitrogens with zero attached hydrogens (tertiary/aromatic N) is 1. The van der Waals surface area contributed by atoms with Crippen LogP contribution in [0.25, 0.3) is 0 Å².